The molecular weight excluding hydrogens is 368 g/mol. The van der Waals surface area contributed by atoms with Gasteiger partial charge >= 0.3 is 11.6 Å². The van der Waals surface area contributed by atoms with Crippen LogP contribution in [-0.2, 0) is 11.6 Å². The third-order valence-electron chi connectivity index (χ3n) is 3.76. The number of hydrogen-bond acceptors (Lipinski definition) is 2. The molecular formula is C24H22O3S. The van der Waals surface area contributed by atoms with Crippen LogP contribution in [0.4, 0.5) is 0 Å². The second-order valence-electron chi connectivity index (χ2n) is 5.53. The van der Waals surface area contributed by atoms with E-state index in [0.29, 0.717) is 0 Å². The van der Waals surface area contributed by atoms with Gasteiger partial charge < -0.3 is 5.48 Å². The standard InChI is InChI=1S/2C12H10.O2S.H2O/c2*1-3-7-11(8-4-1)12-9-5-2-6-10-12;1-3-2;/h2*1-10H;;1H2. The van der Waals surface area contributed by atoms with Crippen molar-refractivity contribution in [3.05, 3.63) is 121 Å². The molecule has 3 nitrogen and oxygen atoms in total. The van der Waals surface area contributed by atoms with E-state index in [4.69, 9.17) is 8.42 Å². The summed E-state index contributed by atoms with van der Waals surface area (Å²) in [6, 6.07) is 41.6. The molecule has 142 valence electrons. The molecule has 0 radical (unpaired) electrons. The fourth-order valence-electron chi connectivity index (χ4n) is 2.52. The average Bonchev–Trinajstić information content (AvgIpc) is 2.77. The molecule has 0 amide bonds. The summed E-state index contributed by atoms with van der Waals surface area (Å²) in [6.45, 7) is 0. The van der Waals surface area contributed by atoms with Gasteiger partial charge in [0, 0.05) is 0 Å². The van der Waals surface area contributed by atoms with Crippen molar-refractivity contribution >= 4 is 11.6 Å². The molecule has 0 aliphatic rings. The summed E-state index contributed by atoms with van der Waals surface area (Å²) >= 11 is -0.750. The van der Waals surface area contributed by atoms with E-state index >= 15 is 0 Å². The zero-order valence-corrected chi connectivity index (χ0v) is 16.1. The summed E-state index contributed by atoms with van der Waals surface area (Å²) in [7, 11) is 0. The smallest absolute Gasteiger partial charge is 0.335 e. The lowest BCUT2D eigenvalue weighted by Crippen LogP contribution is -1.73. The minimum Gasteiger partial charge on any atom is -0.412 e. The SMILES string of the molecule is O.O=S=O.c1ccc(-c2ccccc2)cc1.c1ccc(-c2ccccc2)cc1. The van der Waals surface area contributed by atoms with Crippen molar-refractivity contribution < 1.29 is 13.9 Å². The molecule has 0 atom stereocenters. The van der Waals surface area contributed by atoms with E-state index < -0.39 is 11.6 Å². The Morgan fingerprint density at radius 1 is 0.357 bits per heavy atom. The largest absolute Gasteiger partial charge is 0.412 e. The van der Waals surface area contributed by atoms with Gasteiger partial charge in [-0.1, -0.05) is 121 Å². The monoisotopic (exact) mass is 390 g/mol. The van der Waals surface area contributed by atoms with Crippen LogP contribution in [0.5, 0.6) is 0 Å². The first-order valence-electron chi connectivity index (χ1n) is 8.48. The minimum atomic E-state index is -0.750. The molecule has 0 aromatic heterocycles. The molecule has 0 heterocycles. The van der Waals surface area contributed by atoms with Gasteiger partial charge in [-0.3, -0.25) is 0 Å². The van der Waals surface area contributed by atoms with Gasteiger partial charge in [-0.05, 0) is 22.3 Å². The Balaban J connectivity index is 0.000000239. The van der Waals surface area contributed by atoms with E-state index in [1.807, 2.05) is 24.3 Å². The molecule has 4 aromatic carbocycles. The molecule has 4 aromatic rings. The minimum absolute atomic E-state index is 0. The van der Waals surface area contributed by atoms with Crippen LogP contribution in [0.15, 0.2) is 121 Å². The van der Waals surface area contributed by atoms with Gasteiger partial charge in [-0.15, -0.1) is 0 Å². The number of benzene rings is 4. The maximum atomic E-state index is 8.29. The first-order valence-corrected chi connectivity index (χ1v) is 9.14. The van der Waals surface area contributed by atoms with E-state index in [0.717, 1.165) is 0 Å². The third kappa shape index (κ3) is 7.91. The molecule has 4 rings (SSSR count). The van der Waals surface area contributed by atoms with Crippen LogP contribution in [-0.4, -0.2) is 13.9 Å². The molecule has 0 aliphatic heterocycles. The van der Waals surface area contributed by atoms with E-state index in [2.05, 4.69) is 97.1 Å². The zero-order chi connectivity index (χ0) is 19.2. The lowest BCUT2D eigenvalue weighted by Gasteiger charge is -1.98. The zero-order valence-electron chi connectivity index (χ0n) is 15.3. The second kappa shape index (κ2) is 13.8. The van der Waals surface area contributed by atoms with E-state index in [1.165, 1.54) is 22.3 Å². The fraction of sp³-hybridized carbons (Fsp3) is 0. The summed E-state index contributed by atoms with van der Waals surface area (Å²) in [5, 5.41) is 0. The van der Waals surface area contributed by atoms with Crippen LogP contribution in [0.25, 0.3) is 22.3 Å². The molecule has 0 fully saturated rings. The maximum Gasteiger partial charge on any atom is 0.335 e. The van der Waals surface area contributed by atoms with Crippen LogP contribution in [0.1, 0.15) is 0 Å². The van der Waals surface area contributed by atoms with E-state index in [9.17, 15) is 0 Å². The molecule has 0 bridgehead atoms. The van der Waals surface area contributed by atoms with Gasteiger partial charge in [-0.2, -0.15) is 8.42 Å². The predicted molar refractivity (Wildman–Crippen MR) is 116 cm³/mol. The quantitative estimate of drug-likeness (QED) is 0.471. The Morgan fingerprint density at radius 2 is 0.500 bits per heavy atom. The number of rotatable bonds is 2. The molecule has 0 saturated heterocycles. The molecule has 0 saturated carbocycles. The summed E-state index contributed by atoms with van der Waals surface area (Å²) in [6.07, 6.45) is 0. The van der Waals surface area contributed by atoms with Crippen molar-refractivity contribution in [2.45, 2.75) is 0 Å². The van der Waals surface area contributed by atoms with Crippen molar-refractivity contribution in [1.29, 1.82) is 0 Å². The summed E-state index contributed by atoms with van der Waals surface area (Å²) in [4.78, 5) is 0. The Labute approximate surface area is 169 Å². The Kier molecular flexibility index (Phi) is 11.2. The summed E-state index contributed by atoms with van der Waals surface area (Å²) < 4.78 is 16.6. The van der Waals surface area contributed by atoms with Crippen molar-refractivity contribution in [3.8, 4) is 22.3 Å². The normalized spacial score (nSPS) is 8.71. The molecule has 28 heavy (non-hydrogen) atoms. The van der Waals surface area contributed by atoms with Crippen molar-refractivity contribution in [2.24, 2.45) is 0 Å². The lowest BCUT2D eigenvalue weighted by molar-refractivity contribution is 0.630. The molecule has 0 aliphatic carbocycles. The molecule has 2 N–H and O–H groups in total. The van der Waals surface area contributed by atoms with Crippen molar-refractivity contribution in [2.75, 3.05) is 0 Å². The highest BCUT2D eigenvalue weighted by Crippen LogP contribution is 2.18. The first-order chi connectivity index (χ1) is 13.3. The Morgan fingerprint density at radius 3 is 0.643 bits per heavy atom. The second-order valence-corrected chi connectivity index (χ2v) is 5.67. The first kappa shape index (κ1) is 22.7. The highest BCUT2D eigenvalue weighted by atomic mass is 32.1. The lowest BCUT2D eigenvalue weighted by atomic mass is 10.1. The van der Waals surface area contributed by atoms with Gasteiger partial charge in [0.05, 0.1) is 0 Å². The van der Waals surface area contributed by atoms with Crippen LogP contribution in [0.2, 0.25) is 0 Å². The van der Waals surface area contributed by atoms with Crippen LogP contribution < -0.4 is 0 Å². The van der Waals surface area contributed by atoms with Gasteiger partial charge in [-0.25, -0.2) is 0 Å². The van der Waals surface area contributed by atoms with Gasteiger partial charge in [0.1, 0.15) is 0 Å². The van der Waals surface area contributed by atoms with Crippen LogP contribution in [0.3, 0.4) is 0 Å². The van der Waals surface area contributed by atoms with Crippen molar-refractivity contribution in [3.63, 3.8) is 0 Å². The topological polar surface area (TPSA) is 65.6 Å². The summed E-state index contributed by atoms with van der Waals surface area (Å²) in [5.41, 5.74) is 5.10. The predicted octanol–water partition coefficient (Wildman–Crippen LogP) is 5.21. The fourth-order valence-corrected chi connectivity index (χ4v) is 2.52. The van der Waals surface area contributed by atoms with E-state index in [1.54, 1.807) is 0 Å². The van der Waals surface area contributed by atoms with Crippen LogP contribution in [0, 0.1) is 0 Å². The highest BCUT2D eigenvalue weighted by Gasteiger charge is 1.92. The Bertz CT molecular complexity index is 772. The Hall–Kier alpha value is -3.34. The molecule has 4 heteroatoms. The van der Waals surface area contributed by atoms with Crippen LogP contribution >= 0.6 is 0 Å². The number of hydrogen-bond donors (Lipinski definition) is 0. The molecule has 0 spiro atoms. The van der Waals surface area contributed by atoms with Gasteiger partial charge in [0.25, 0.3) is 0 Å². The summed E-state index contributed by atoms with van der Waals surface area (Å²) in [5.74, 6) is 0. The highest BCUT2D eigenvalue weighted by molar-refractivity contribution is 7.51. The third-order valence-corrected chi connectivity index (χ3v) is 3.76. The van der Waals surface area contributed by atoms with Crippen molar-refractivity contribution in [1.82, 2.24) is 0 Å². The maximum absolute atomic E-state index is 8.29. The van der Waals surface area contributed by atoms with Gasteiger partial charge in [0.15, 0.2) is 0 Å². The average molecular weight is 391 g/mol. The molecule has 0 unspecified atom stereocenters. The van der Waals surface area contributed by atoms with Gasteiger partial charge in [0.2, 0.25) is 0 Å². The van der Waals surface area contributed by atoms with E-state index in [-0.39, 0.29) is 5.48 Å².